The van der Waals surface area contributed by atoms with Crippen LogP contribution in [-0.2, 0) is 11.3 Å². The fourth-order valence-corrected chi connectivity index (χ4v) is 2.01. The van der Waals surface area contributed by atoms with E-state index in [9.17, 15) is 15.0 Å². The average Bonchev–Trinajstić information content (AvgIpc) is 2.90. The van der Waals surface area contributed by atoms with Crippen LogP contribution in [0.2, 0.25) is 0 Å². The summed E-state index contributed by atoms with van der Waals surface area (Å²) in [7, 11) is 1.70. The molecule has 2 N–H and O–H groups in total. The molecule has 0 spiro atoms. The molecule has 18 heavy (non-hydrogen) atoms. The first-order valence-electron chi connectivity index (χ1n) is 5.91. The lowest BCUT2D eigenvalue weighted by atomic mass is 10.3. The molecule has 1 aromatic rings. The van der Waals surface area contributed by atoms with E-state index in [0.29, 0.717) is 19.6 Å². The molecule has 1 amide bonds. The number of β-amino-alcohol motifs (C(OH)–C–C–N with tert-alkyl or cyclic N) is 2. The van der Waals surface area contributed by atoms with Gasteiger partial charge in [-0.25, -0.2) is 0 Å². The molecular weight excluding hydrogens is 236 g/mol. The molecule has 1 saturated heterocycles. The van der Waals surface area contributed by atoms with Crippen molar-refractivity contribution in [2.24, 2.45) is 0 Å². The summed E-state index contributed by atoms with van der Waals surface area (Å²) in [5.74, 6) is 0.667. The molecule has 1 aliphatic heterocycles. The Kier molecular flexibility index (Phi) is 4.00. The van der Waals surface area contributed by atoms with Crippen molar-refractivity contribution in [1.29, 1.82) is 0 Å². The first kappa shape index (κ1) is 13.1. The number of nitrogens with zero attached hydrogens (tertiary/aromatic N) is 2. The minimum atomic E-state index is -0.756. The third kappa shape index (κ3) is 3.10. The zero-order chi connectivity index (χ0) is 13.1. The molecule has 6 nitrogen and oxygen atoms in total. The van der Waals surface area contributed by atoms with Gasteiger partial charge in [-0.3, -0.25) is 9.69 Å². The third-order valence-corrected chi connectivity index (χ3v) is 3.09. The maximum atomic E-state index is 11.9. The normalized spacial score (nSPS) is 24.4. The van der Waals surface area contributed by atoms with Crippen molar-refractivity contribution in [3.8, 4) is 0 Å². The molecule has 1 aliphatic rings. The maximum absolute atomic E-state index is 11.9. The molecule has 2 atom stereocenters. The van der Waals surface area contributed by atoms with E-state index in [4.69, 9.17) is 4.42 Å². The standard InChI is InChI=1S/C12H18N2O4/c1-13(5-9-3-2-4-18-9)12(17)8-14-6-10(15)11(16)7-14/h2-4,10-11,15-16H,5-8H2,1H3/t10-,11+. The Morgan fingerprint density at radius 2 is 2.17 bits per heavy atom. The van der Waals surface area contributed by atoms with Crippen LogP contribution in [0, 0.1) is 0 Å². The summed E-state index contributed by atoms with van der Waals surface area (Å²) in [5, 5.41) is 18.8. The van der Waals surface area contributed by atoms with Crippen molar-refractivity contribution in [3.05, 3.63) is 24.2 Å². The van der Waals surface area contributed by atoms with Crippen LogP contribution in [0.3, 0.4) is 0 Å². The Morgan fingerprint density at radius 1 is 1.50 bits per heavy atom. The molecule has 0 saturated carbocycles. The molecule has 100 valence electrons. The average molecular weight is 254 g/mol. The van der Waals surface area contributed by atoms with E-state index in [1.54, 1.807) is 29.2 Å². The molecule has 0 unspecified atom stereocenters. The van der Waals surface area contributed by atoms with E-state index in [-0.39, 0.29) is 12.5 Å². The van der Waals surface area contributed by atoms with Gasteiger partial charge in [-0.2, -0.15) is 0 Å². The summed E-state index contributed by atoms with van der Waals surface area (Å²) in [6.45, 7) is 1.29. The third-order valence-electron chi connectivity index (χ3n) is 3.09. The van der Waals surface area contributed by atoms with E-state index in [1.807, 2.05) is 6.07 Å². The molecule has 2 heterocycles. The van der Waals surface area contributed by atoms with Crippen LogP contribution in [0.4, 0.5) is 0 Å². The topological polar surface area (TPSA) is 77.2 Å². The quantitative estimate of drug-likeness (QED) is 0.741. The number of likely N-dealkylation sites (tertiary alicyclic amines) is 1. The second-order valence-corrected chi connectivity index (χ2v) is 4.66. The maximum Gasteiger partial charge on any atom is 0.236 e. The monoisotopic (exact) mass is 254 g/mol. The van der Waals surface area contributed by atoms with Gasteiger partial charge in [-0.1, -0.05) is 0 Å². The van der Waals surface area contributed by atoms with Crippen LogP contribution < -0.4 is 0 Å². The number of hydrogen-bond acceptors (Lipinski definition) is 5. The van der Waals surface area contributed by atoms with Gasteiger partial charge in [0.25, 0.3) is 0 Å². The predicted molar refractivity (Wildman–Crippen MR) is 63.6 cm³/mol. The summed E-state index contributed by atoms with van der Waals surface area (Å²) in [4.78, 5) is 15.2. The Balaban J connectivity index is 1.81. The zero-order valence-corrected chi connectivity index (χ0v) is 10.3. The van der Waals surface area contributed by atoms with Crippen LogP contribution in [0.5, 0.6) is 0 Å². The van der Waals surface area contributed by atoms with Crippen LogP contribution in [0.25, 0.3) is 0 Å². The first-order valence-corrected chi connectivity index (χ1v) is 5.91. The lowest BCUT2D eigenvalue weighted by molar-refractivity contribution is -0.131. The highest BCUT2D eigenvalue weighted by Gasteiger charge is 2.31. The van der Waals surface area contributed by atoms with Gasteiger partial charge >= 0.3 is 0 Å². The van der Waals surface area contributed by atoms with Crippen molar-refractivity contribution < 1.29 is 19.4 Å². The van der Waals surface area contributed by atoms with E-state index in [1.165, 1.54) is 0 Å². The molecule has 0 radical (unpaired) electrons. The van der Waals surface area contributed by atoms with E-state index in [2.05, 4.69) is 0 Å². The minimum absolute atomic E-state index is 0.0623. The molecule has 1 aromatic heterocycles. The SMILES string of the molecule is CN(Cc1ccco1)C(=O)CN1C[C@@H](O)[C@@H](O)C1. The van der Waals surface area contributed by atoms with Crippen LogP contribution in [0.15, 0.2) is 22.8 Å². The van der Waals surface area contributed by atoms with Crippen LogP contribution in [-0.4, -0.2) is 64.8 Å². The van der Waals surface area contributed by atoms with E-state index in [0.717, 1.165) is 5.76 Å². The molecule has 6 heteroatoms. The Hall–Kier alpha value is -1.37. The Labute approximate surface area is 105 Å². The predicted octanol–water partition coefficient (Wildman–Crippen LogP) is -0.725. The lowest BCUT2D eigenvalue weighted by Gasteiger charge is -2.20. The second kappa shape index (κ2) is 5.51. The highest BCUT2D eigenvalue weighted by Crippen LogP contribution is 2.10. The Bertz CT molecular complexity index is 383. The minimum Gasteiger partial charge on any atom is -0.467 e. The van der Waals surface area contributed by atoms with Crippen LogP contribution in [0.1, 0.15) is 5.76 Å². The van der Waals surface area contributed by atoms with Crippen molar-refractivity contribution in [3.63, 3.8) is 0 Å². The van der Waals surface area contributed by atoms with Crippen molar-refractivity contribution in [2.45, 2.75) is 18.8 Å². The van der Waals surface area contributed by atoms with Gasteiger partial charge in [-0.05, 0) is 12.1 Å². The highest BCUT2D eigenvalue weighted by atomic mass is 16.3. The number of aliphatic hydroxyl groups excluding tert-OH is 2. The summed E-state index contributed by atoms with van der Waals surface area (Å²) in [6.07, 6.45) is 0.0576. The van der Waals surface area contributed by atoms with Crippen molar-refractivity contribution in [1.82, 2.24) is 9.80 Å². The van der Waals surface area contributed by atoms with Gasteiger partial charge < -0.3 is 19.5 Å². The van der Waals surface area contributed by atoms with Gasteiger partial charge in [0, 0.05) is 20.1 Å². The van der Waals surface area contributed by atoms with Gasteiger partial charge in [0.2, 0.25) is 5.91 Å². The number of hydrogen-bond donors (Lipinski definition) is 2. The van der Waals surface area contributed by atoms with E-state index >= 15 is 0 Å². The fourth-order valence-electron chi connectivity index (χ4n) is 2.01. The van der Waals surface area contributed by atoms with E-state index < -0.39 is 12.2 Å². The number of rotatable bonds is 4. The molecule has 0 aromatic carbocycles. The molecule has 0 aliphatic carbocycles. The number of carbonyl (C=O) groups excluding carboxylic acids is 1. The van der Waals surface area contributed by atoms with Crippen molar-refractivity contribution >= 4 is 5.91 Å². The lowest BCUT2D eigenvalue weighted by Crippen LogP contribution is -2.37. The smallest absolute Gasteiger partial charge is 0.236 e. The highest BCUT2D eigenvalue weighted by molar-refractivity contribution is 5.78. The number of aliphatic hydroxyl groups is 2. The van der Waals surface area contributed by atoms with Crippen molar-refractivity contribution in [2.75, 3.05) is 26.7 Å². The van der Waals surface area contributed by atoms with Gasteiger partial charge in [-0.15, -0.1) is 0 Å². The Morgan fingerprint density at radius 3 is 2.72 bits per heavy atom. The van der Waals surface area contributed by atoms with Gasteiger partial charge in [0.15, 0.2) is 0 Å². The summed E-state index contributed by atoms with van der Waals surface area (Å²) in [6, 6.07) is 3.59. The van der Waals surface area contributed by atoms with Crippen LogP contribution >= 0.6 is 0 Å². The number of carbonyl (C=O) groups is 1. The van der Waals surface area contributed by atoms with Gasteiger partial charge in [0.05, 0.1) is 31.6 Å². The molecule has 1 fully saturated rings. The molecular formula is C12H18N2O4. The number of likely N-dealkylation sites (N-methyl/N-ethyl adjacent to an activating group) is 1. The number of furan rings is 1. The molecule has 2 rings (SSSR count). The second-order valence-electron chi connectivity index (χ2n) is 4.66. The molecule has 0 bridgehead atoms. The fraction of sp³-hybridized carbons (Fsp3) is 0.583. The first-order chi connectivity index (χ1) is 8.56. The number of amides is 1. The summed E-state index contributed by atoms with van der Waals surface area (Å²) < 4.78 is 5.17. The summed E-state index contributed by atoms with van der Waals surface area (Å²) in [5.41, 5.74) is 0. The zero-order valence-electron chi connectivity index (χ0n) is 10.3. The summed E-state index contributed by atoms with van der Waals surface area (Å²) >= 11 is 0. The largest absolute Gasteiger partial charge is 0.467 e. The van der Waals surface area contributed by atoms with Gasteiger partial charge in [0.1, 0.15) is 5.76 Å².